The SMILES string of the molecule is CC(=O)c1ccc2c(c1)CN(Cc1ccc(CN)cc1)C2. The molecule has 3 heteroatoms. The van der Waals surface area contributed by atoms with E-state index in [9.17, 15) is 4.79 Å². The molecule has 0 spiro atoms. The van der Waals surface area contributed by atoms with Gasteiger partial charge in [0.1, 0.15) is 0 Å². The summed E-state index contributed by atoms with van der Waals surface area (Å²) in [7, 11) is 0. The average molecular weight is 280 g/mol. The smallest absolute Gasteiger partial charge is 0.159 e. The number of fused-ring (bicyclic) bond motifs is 1. The minimum Gasteiger partial charge on any atom is -0.326 e. The molecule has 3 rings (SSSR count). The largest absolute Gasteiger partial charge is 0.326 e. The highest BCUT2D eigenvalue weighted by Crippen LogP contribution is 2.25. The van der Waals surface area contributed by atoms with Crippen molar-refractivity contribution in [2.45, 2.75) is 33.1 Å². The van der Waals surface area contributed by atoms with Gasteiger partial charge in [-0.15, -0.1) is 0 Å². The Bertz CT molecular complexity index is 661. The molecule has 0 bridgehead atoms. The number of ketones is 1. The molecular weight excluding hydrogens is 260 g/mol. The third-order valence-corrected chi connectivity index (χ3v) is 4.07. The molecule has 0 fully saturated rings. The van der Waals surface area contributed by atoms with Crippen molar-refractivity contribution in [3.63, 3.8) is 0 Å². The third kappa shape index (κ3) is 3.04. The normalized spacial score (nSPS) is 14.2. The van der Waals surface area contributed by atoms with E-state index in [0.29, 0.717) is 6.54 Å². The predicted octanol–water partition coefficient (Wildman–Crippen LogP) is 2.86. The van der Waals surface area contributed by atoms with E-state index in [-0.39, 0.29) is 5.78 Å². The highest BCUT2D eigenvalue weighted by Gasteiger charge is 2.19. The van der Waals surface area contributed by atoms with Gasteiger partial charge in [0.15, 0.2) is 5.78 Å². The van der Waals surface area contributed by atoms with Crippen molar-refractivity contribution in [1.29, 1.82) is 0 Å². The van der Waals surface area contributed by atoms with Gasteiger partial charge in [0.05, 0.1) is 0 Å². The molecule has 2 N–H and O–H groups in total. The van der Waals surface area contributed by atoms with Crippen LogP contribution in [0.25, 0.3) is 0 Å². The molecule has 108 valence electrons. The molecule has 0 saturated carbocycles. The topological polar surface area (TPSA) is 46.3 Å². The van der Waals surface area contributed by atoms with Gasteiger partial charge in [-0.3, -0.25) is 9.69 Å². The second-order valence-electron chi connectivity index (χ2n) is 5.71. The number of carbonyl (C=O) groups excluding carboxylic acids is 1. The van der Waals surface area contributed by atoms with Crippen molar-refractivity contribution in [3.05, 3.63) is 70.3 Å². The summed E-state index contributed by atoms with van der Waals surface area (Å²) in [6.45, 7) is 4.99. The van der Waals surface area contributed by atoms with E-state index in [0.717, 1.165) is 30.8 Å². The van der Waals surface area contributed by atoms with Crippen molar-refractivity contribution in [1.82, 2.24) is 4.90 Å². The standard InChI is InChI=1S/C18H20N2O/c1-13(21)16-6-7-17-11-20(12-18(17)8-16)10-15-4-2-14(9-19)3-5-15/h2-8H,9-12,19H2,1H3. The van der Waals surface area contributed by atoms with E-state index in [4.69, 9.17) is 5.73 Å². The number of rotatable bonds is 4. The Balaban J connectivity index is 1.70. The fourth-order valence-electron chi connectivity index (χ4n) is 2.83. The van der Waals surface area contributed by atoms with Crippen molar-refractivity contribution >= 4 is 5.78 Å². The summed E-state index contributed by atoms with van der Waals surface area (Å²) in [6.07, 6.45) is 0. The van der Waals surface area contributed by atoms with Crippen LogP contribution in [0.3, 0.4) is 0 Å². The first-order valence-electron chi connectivity index (χ1n) is 7.28. The average Bonchev–Trinajstić information content (AvgIpc) is 2.89. The summed E-state index contributed by atoms with van der Waals surface area (Å²) in [5.41, 5.74) is 11.5. The predicted molar refractivity (Wildman–Crippen MR) is 83.7 cm³/mol. The molecule has 21 heavy (non-hydrogen) atoms. The van der Waals surface area contributed by atoms with E-state index in [1.807, 2.05) is 12.1 Å². The lowest BCUT2D eigenvalue weighted by Gasteiger charge is -2.15. The van der Waals surface area contributed by atoms with Crippen LogP contribution in [0.5, 0.6) is 0 Å². The summed E-state index contributed by atoms with van der Waals surface area (Å²) in [5.74, 6) is 0.133. The van der Waals surface area contributed by atoms with Gasteiger partial charge in [-0.25, -0.2) is 0 Å². The highest BCUT2D eigenvalue weighted by atomic mass is 16.1. The van der Waals surface area contributed by atoms with Crippen molar-refractivity contribution < 1.29 is 4.79 Å². The summed E-state index contributed by atoms with van der Waals surface area (Å²) in [6, 6.07) is 14.5. The summed E-state index contributed by atoms with van der Waals surface area (Å²) >= 11 is 0. The van der Waals surface area contributed by atoms with Crippen LogP contribution in [0.15, 0.2) is 42.5 Å². The Hall–Kier alpha value is -1.97. The molecule has 0 aliphatic carbocycles. The first kappa shape index (κ1) is 14.0. The van der Waals surface area contributed by atoms with Crippen molar-refractivity contribution in [2.24, 2.45) is 5.73 Å². The van der Waals surface area contributed by atoms with Crippen molar-refractivity contribution in [3.8, 4) is 0 Å². The fraction of sp³-hybridized carbons (Fsp3) is 0.278. The van der Waals surface area contributed by atoms with Crippen LogP contribution in [-0.4, -0.2) is 10.7 Å². The molecule has 0 saturated heterocycles. The van der Waals surface area contributed by atoms with E-state index in [2.05, 4.69) is 35.2 Å². The molecule has 2 aromatic rings. The van der Waals surface area contributed by atoms with E-state index in [1.165, 1.54) is 16.7 Å². The molecule has 0 atom stereocenters. The van der Waals surface area contributed by atoms with Crippen LogP contribution in [0, 0.1) is 0 Å². The second-order valence-corrected chi connectivity index (χ2v) is 5.71. The lowest BCUT2D eigenvalue weighted by atomic mass is 10.0. The highest BCUT2D eigenvalue weighted by molar-refractivity contribution is 5.94. The van der Waals surface area contributed by atoms with Gasteiger partial charge in [-0.05, 0) is 35.2 Å². The number of hydrogen-bond donors (Lipinski definition) is 1. The van der Waals surface area contributed by atoms with Crippen molar-refractivity contribution in [2.75, 3.05) is 0 Å². The summed E-state index contributed by atoms with van der Waals surface area (Å²) < 4.78 is 0. The Labute approximate surface area is 125 Å². The molecule has 0 amide bonds. The molecule has 0 radical (unpaired) electrons. The lowest BCUT2D eigenvalue weighted by molar-refractivity contribution is 0.101. The van der Waals surface area contributed by atoms with Crippen LogP contribution in [-0.2, 0) is 26.2 Å². The quantitative estimate of drug-likeness (QED) is 0.876. The van der Waals surface area contributed by atoms with Crippen LogP contribution in [0.1, 0.15) is 39.5 Å². The fourth-order valence-corrected chi connectivity index (χ4v) is 2.83. The van der Waals surface area contributed by atoms with E-state index >= 15 is 0 Å². The number of hydrogen-bond acceptors (Lipinski definition) is 3. The van der Waals surface area contributed by atoms with Gasteiger partial charge in [-0.1, -0.05) is 36.4 Å². The second kappa shape index (κ2) is 5.80. The lowest BCUT2D eigenvalue weighted by Crippen LogP contribution is -2.15. The van der Waals surface area contributed by atoms with Crippen LogP contribution in [0.4, 0.5) is 0 Å². The van der Waals surface area contributed by atoms with Gasteiger partial charge in [-0.2, -0.15) is 0 Å². The number of nitrogens with zero attached hydrogens (tertiary/aromatic N) is 1. The molecule has 2 aromatic carbocycles. The Morgan fingerprint density at radius 2 is 1.71 bits per heavy atom. The maximum atomic E-state index is 11.5. The molecule has 3 nitrogen and oxygen atoms in total. The van der Waals surface area contributed by atoms with Gasteiger partial charge in [0.2, 0.25) is 0 Å². The van der Waals surface area contributed by atoms with E-state index < -0.39 is 0 Å². The first-order valence-corrected chi connectivity index (χ1v) is 7.28. The van der Waals surface area contributed by atoms with E-state index in [1.54, 1.807) is 6.92 Å². The van der Waals surface area contributed by atoms with Crippen LogP contribution < -0.4 is 5.73 Å². The number of nitrogens with two attached hydrogens (primary N) is 1. The third-order valence-electron chi connectivity index (χ3n) is 4.07. The summed E-state index contributed by atoms with van der Waals surface area (Å²) in [5, 5.41) is 0. The van der Waals surface area contributed by atoms with Gasteiger partial charge in [0.25, 0.3) is 0 Å². The summed E-state index contributed by atoms with van der Waals surface area (Å²) in [4.78, 5) is 13.8. The zero-order valence-corrected chi connectivity index (χ0v) is 12.3. The first-order chi connectivity index (χ1) is 10.2. The number of Topliss-reactive ketones (excluding diaryl/α,β-unsaturated/α-hetero) is 1. The molecule has 0 aromatic heterocycles. The zero-order chi connectivity index (χ0) is 14.8. The minimum absolute atomic E-state index is 0.133. The Morgan fingerprint density at radius 3 is 2.38 bits per heavy atom. The van der Waals surface area contributed by atoms with Gasteiger partial charge >= 0.3 is 0 Å². The number of benzene rings is 2. The molecular formula is C18H20N2O. The molecule has 1 heterocycles. The molecule has 1 aliphatic rings. The maximum Gasteiger partial charge on any atom is 0.159 e. The molecule has 1 aliphatic heterocycles. The monoisotopic (exact) mass is 280 g/mol. The van der Waals surface area contributed by atoms with Gasteiger partial charge < -0.3 is 5.73 Å². The van der Waals surface area contributed by atoms with Crippen LogP contribution in [0.2, 0.25) is 0 Å². The van der Waals surface area contributed by atoms with Crippen LogP contribution >= 0.6 is 0 Å². The maximum absolute atomic E-state index is 11.5. The molecule has 0 unspecified atom stereocenters. The zero-order valence-electron chi connectivity index (χ0n) is 12.3. The number of carbonyl (C=O) groups is 1. The Kier molecular flexibility index (Phi) is 3.86. The minimum atomic E-state index is 0.133. The Morgan fingerprint density at radius 1 is 1.05 bits per heavy atom. The van der Waals surface area contributed by atoms with Gasteiger partial charge in [0, 0.05) is 31.7 Å².